The van der Waals surface area contributed by atoms with Crippen LogP contribution in [0.15, 0.2) is 27.8 Å². The summed E-state index contributed by atoms with van der Waals surface area (Å²) in [6.45, 7) is 12.5. The van der Waals surface area contributed by atoms with Gasteiger partial charge in [-0.25, -0.2) is 0 Å². The Kier molecular flexibility index (Phi) is 7.38. The van der Waals surface area contributed by atoms with Crippen LogP contribution < -0.4 is 5.32 Å². The van der Waals surface area contributed by atoms with Gasteiger partial charge in [0, 0.05) is 51.7 Å². The zero-order chi connectivity index (χ0) is 18.2. The monoisotopic (exact) mass is 362 g/mol. The molecule has 3 rings (SSSR count). The molecule has 1 aromatic rings. The molecular weight excluding hydrogens is 328 g/mol. The fourth-order valence-corrected chi connectivity index (χ4v) is 3.61. The molecule has 0 aliphatic carbocycles. The minimum atomic E-state index is 0.440. The van der Waals surface area contributed by atoms with Crippen molar-refractivity contribution in [2.75, 3.05) is 52.5 Å². The predicted molar refractivity (Wildman–Crippen MR) is 105 cm³/mol. The zero-order valence-corrected chi connectivity index (χ0v) is 16.3. The highest BCUT2D eigenvalue weighted by Gasteiger charge is 2.27. The lowest BCUT2D eigenvalue weighted by atomic mass is 10.1. The summed E-state index contributed by atoms with van der Waals surface area (Å²) < 4.78 is 10.9. The molecule has 26 heavy (non-hydrogen) atoms. The Bertz CT molecular complexity index is 540. The number of morpholine rings is 1. The van der Waals surface area contributed by atoms with Gasteiger partial charge in [-0.2, -0.15) is 0 Å². The van der Waals surface area contributed by atoms with Gasteiger partial charge in [0.2, 0.25) is 0 Å². The second-order valence-corrected chi connectivity index (χ2v) is 7.50. The first-order valence-electron chi connectivity index (χ1n) is 10.1. The van der Waals surface area contributed by atoms with Crippen molar-refractivity contribution in [1.82, 2.24) is 15.1 Å². The minimum Gasteiger partial charge on any atom is -0.469 e. The normalized spacial score (nSPS) is 23.4. The van der Waals surface area contributed by atoms with Gasteiger partial charge in [0.25, 0.3) is 0 Å². The van der Waals surface area contributed by atoms with E-state index in [1.807, 2.05) is 12.1 Å². The van der Waals surface area contributed by atoms with Crippen molar-refractivity contribution >= 4 is 5.96 Å². The Morgan fingerprint density at radius 1 is 1.35 bits per heavy atom. The van der Waals surface area contributed by atoms with E-state index in [-0.39, 0.29) is 0 Å². The number of hydrogen-bond acceptors (Lipinski definition) is 4. The maximum Gasteiger partial charge on any atom is 0.194 e. The number of nitrogens with zero attached hydrogens (tertiary/aromatic N) is 3. The van der Waals surface area contributed by atoms with Crippen molar-refractivity contribution in [3.8, 4) is 0 Å². The summed E-state index contributed by atoms with van der Waals surface area (Å²) in [6, 6.07) is 4.40. The van der Waals surface area contributed by atoms with Crippen molar-refractivity contribution in [2.24, 2.45) is 10.9 Å². The van der Waals surface area contributed by atoms with Crippen LogP contribution in [0.1, 0.15) is 32.4 Å². The number of furan rings is 1. The van der Waals surface area contributed by atoms with Gasteiger partial charge >= 0.3 is 0 Å². The van der Waals surface area contributed by atoms with Crippen LogP contribution in [0, 0.1) is 5.92 Å². The van der Waals surface area contributed by atoms with E-state index in [1.165, 1.54) is 13.0 Å². The van der Waals surface area contributed by atoms with E-state index in [2.05, 4.69) is 29.0 Å². The standard InChI is InChI=1S/C20H34N4O2/c1-3-17(2)22-20(21-8-6-19-5-4-12-26-19)24-9-7-18(16-24)15-23-10-13-25-14-11-23/h4-5,12,17-18H,3,6-11,13-16H2,1-2H3,(H,21,22). The maximum absolute atomic E-state index is 5.47. The Hall–Kier alpha value is -1.53. The van der Waals surface area contributed by atoms with E-state index in [0.29, 0.717) is 6.04 Å². The van der Waals surface area contributed by atoms with Crippen molar-refractivity contribution < 1.29 is 9.15 Å². The molecule has 3 heterocycles. The molecule has 2 aliphatic rings. The average Bonchev–Trinajstić information content (AvgIpc) is 3.34. The van der Waals surface area contributed by atoms with Gasteiger partial charge in [0.05, 0.1) is 19.5 Å². The number of hydrogen-bond donors (Lipinski definition) is 1. The number of nitrogens with one attached hydrogen (secondary N) is 1. The third-order valence-corrected chi connectivity index (χ3v) is 5.39. The number of rotatable bonds is 7. The number of ether oxygens (including phenoxy) is 1. The fraction of sp³-hybridized carbons (Fsp3) is 0.750. The Morgan fingerprint density at radius 3 is 2.92 bits per heavy atom. The van der Waals surface area contributed by atoms with Crippen molar-refractivity contribution in [3.63, 3.8) is 0 Å². The van der Waals surface area contributed by atoms with E-state index in [4.69, 9.17) is 14.1 Å². The summed E-state index contributed by atoms with van der Waals surface area (Å²) >= 11 is 0. The van der Waals surface area contributed by atoms with E-state index in [0.717, 1.165) is 76.4 Å². The van der Waals surface area contributed by atoms with Gasteiger partial charge in [0.15, 0.2) is 5.96 Å². The summed E-state index contributed by atoms with van der Waals surface area (Å²) in [6.07, 6.45) is 4.93. The van der Waals surface area contributed by atoms with Gasteiger partial charge in [-0.3, -0.25) is 9.89 Å². The van der Waals surface area contributed by atoms with Crippen LogP contribution in [0.25, 0.3) is 0 Å². The third-order valence-electron chi connectivity index (χ3n) is 5.39. The van der Waals surface area contributed by atoms with E-state index in [9.17, 15) is 0 Å². The van der Waals surface area contributed by atoms with E-state index in [1.54, 1.807) is 6.26 Å². The highest BCUT2D eigenvalue weighted by atomic mass is 16.5. The van der Waals surface area contributed by atoms with Gasteiger partial charge < -0.3 is 19.4 Å². The van der Waals surface area contributed by atoms with Crippen LogP contribution in [0.5, 0.6) is 0 Å². The summed E-state index contributed by atoms with van der Waals surface area (Å²) in [5, 5.41) is 3.62. The van der Waals surface area contributed by atoms with Crippen LogP contribution in [0.2, 0.25) is 0 Å². The molecule has 1 N–H and O–H groups in total. The molecule has 6 heteroatoms. The quantitative estimate of drug-likeness (QED) is 0.595. The Labute approximate surface area is 157 Å². The van der Waals surface area contributed by atoms with Gasteiger partial charge in [-0.05, 0) is 37.8 Å². The van der Waals surface area contributed by atoms with Gasteiger partial charge in [0.1, 0.15) is 5.76 Å². The molecule has 0 radical (unpaired) electrons. The second-order valence-electron chi connectivity index (χ2n) is 7.50. The summed E-state index contributed by atoms with van der Waals surface area (Å²) in [7, 11) is 0. The molecule has 0 saturated carbocycles. The summed E-state index contributed by atoms with van der Waals surface area (Å²) in [5.74, 6) is 2.79. The Balaban J connectivity index is 1.53. The molecule has 1 aromatic heterocycles. The lowest BCUT2D eigenvalue weighted by Gasteiger charge is -2.29. The third kappa shape index (κ3) is 5.74. The molecule has 2 fully saturated rings. The smallest absolute Gasteiger partial charge is 0.194 e. The molecule has 6 nitrogen and oxygen atoms in total. The predicted octanol–water partition coefficient (Wildman–Crippen LogP) is 2.22. The maximum atomic E-state index is 5.47. The SMILES string of the molecule is CCC(C)NC(=NCCc1ccco1)N1CCC(CN2CCOCC2)C1. The molecule has 0 spiro atoms. The van der Waals surface area contributed by atoms with Crippen LogP contribution in [-0.4, -0.2) is 74.3 Å². The minimum absolute atomic E-state index is 0.440. The summed E-state index contributed by atoms with van der Waals surface area (Å²) in [5.41, 5.74) is 0. The average molecular weight is 363 g/mol. The van der Waals surface area contributed by atoms with Crippen molar-refractivity contribution in [1.29, 1.82) is 0 Å². The van der Waals surface area contributed by atoms with Crippen molar-refractivity contribution in [2.45, 2.75) is 39.2 Å². The van der Waals surface area contributed by atoms with Crippen LogP contribution >= 0.6 is 0 Å². The van der Waals surface area contributed by atoms with Crippen LogP contribution in [0.3, 0.4) is 0 Å². The highest BCUT2D eigenvalue weighted by molar-refractivity contribution is 5.80. The van der Waals surface area contributed by atoms with Gasteiger partial charge in [-0.1, -0.05) is 6.92 Å². The molecule has 0 aromatic carbocycles. The molecule has 2 aliphatic heterocycles. The molecule has 2 atom stereocenters. The fourth-order valence-electron chi connectivity index (χ4n) is 3.61. The Morgan fingerprint density at radius 2 is 2.19 bits per heavy atom. The van der Waals surface area contributed by atoms with E-state index < -0.39 is 0 Å². The topological polar surface area (TPSA) is 53.2 Å². The number of aliphatic imine (C=N–C) groups is 1. The van der Waals surface area contributed by atoms with Gasteiger partial charge in [-0.15, -0.1) is 0 Å². The number of guanidine groups is 1. The first-order valence-corrected chi connectivity index (χ1v) is 10.1. The number of likely N-dealkylation sites (tertiary alicyclic amines) is 1. The second kappa shape index (κ2) is 9.97. The van der Waals surface area contributed by atoms with Crippen LogP contribution in [0.4, 0.5) is 0 Å². The molecule has 146 valence electrons. The van der Waals surface area contributed by atoms with Crippen molar-refractivity contribution in [3.05, 3.63) is 24.2 Å². The molecule has 0 amide bonds. The lowest BCUT2D eigenvalue weighted by Crippen LogP contribution is -2.45. The van der Waals surface area contributed by atoms with Crippen LogP contribution in [-0.2, 0) is 11.2 Å². The molecule has 2 saturated heterocycles. The zero-order valence-electron chi connectivity index (χ0n) is 16.3. The first kappa shape index (κ1) is 19.2. The van der Waals surface area contributed by atoms with E-state index >= 15 is 0 Å². The lowest BCUT2D eigenvalue weighted by molar-refractivity contribution is 0.0315. The first-order chi connectivity index (χ1) is 12.7. The molecule has 0 bridgehead atoms. The largest absolute Gasteiger partial charge is 0.469 e. The highest BCUT2D eigenvalue weighted by Crippen LogP contribution is 2.18. The molecular formula is C20H34N4O2. The summed E-state index contributed by atoms with van der Waals surface area (Å²) in [4.78, 5) is 9.88. The molecule has 2 unspecified atom stereocenters.